The maximum atomic E-state index is 6.55. The van der Waals surface area contributed by atoms with E-state index < -0.39 is 5.72 Å². The summed E-state index contributed by atoms with van der Waals surface area (Å²) in [6.45, 7) is 2.07. The van der Waals surface area contributed by atoms with E-state index >= 15 is 0 Å². The zero-order chi connectivity index (χ0) is 20.0. The molecule has 2 atom stereocenters. The van der Waals surface area contributed by atoms with Crippen molar-refractivity contribution >= 4 is 21.6 Å². The van der Waals surface area contributed by atoms with Gasteiger partial charge in [-0.25, -0.2) is 5.01 Å². The van der Waals surface area contributed by atoms with Crippen LogP contribution in [-0.2, 0) is 5.72 Å². The molecule has 3 aromatic rings. The number of ether oxygens (including phenoxy) is 2. The maximum absolute atomic E-state index is 6.55. The van der Waals surface area contributed by atoms with E-state index in [1.54, 1.807) is 19.5 Å². The number of hydrazone groups is 1. The molecule has 2 aromatic carbocycles. The number of aromatic nitrogens is 1. The van der Waals surface area contributed by atoms with Crippen molar-refractivity contribution in [3.8, 4) is 11.5 Å². The molecule has 0 radical (unpaired) electrons. The molecule has 1 aromatic heterocycles. The van der Waals surface area contributed by atoms with Crippen LogP contribution in [0, 0.1) is 0 Å². The van der Waals surface area contributed by atoms with Gasteiger partial charge in [0.2, 0.25) is 5.72 Å². The highest BCUT2D eigenvalue weighted by Crippen LogP contribution is 2.50. The summed E-state index contributed by atoms with van der Waals surface area (Å²) in [6.07, 6.45) is 4.39. The standard InChI is InChI=1S/C23H20BrN3O2/c1-23(16-9-11-25-12-10-16)27-21(19-13-17(24)5-8-22(19)29-23)14-20(26-27)15-3-6-18(28-2)7-4-15/h3-13,21H,14H2,1-2H3/t21-,23-/m0/s1. The third-order valence-corrected chi connectivity index (χ3v) is 6.12. The zero-order valence-electron chi connectivity index (χ0n) is 16.2. The van der Waals surface area contributed by atoms with E-state index in [4.69, 9.17) is 14.6 Å². The van der Waals surface area contributed by atoms with Gasteiger partial charge in [-0.3, -0.25) is 4.98 Å². The zero-order valence-corrected chi connectivity index (χ0v) is 17.8. The molecule has 0 unspecified atom stereocenters. The summed E-state index contributed by atoms with van der Waals surface area (Å²) in [6, 6.07) is 18.3. The van der Waals surface area contributed by atoms with Crippen LogP contribution in [0.25, 0.3) is 0 Å². The highest BCUT2D eigenvalue weighted by molar-refractivity contribution is 9.10. The van der Waals surface area contributed by atoms with Crippen LogP contribution in [-0.4, -0.2) is 22.8 Å². The van der Waals surface area contributed by atoms with Crippen molar-refractivity contribution in [3.63, 3.8) is 0 Å². The minimum absolute atomic E-state index is 0.0894. The summed E-state index contributed by atoms with van der Waals surface area (Å²) in [7, 11) is 1.68. The Morgan fingerprint density at radius 2 is 1.86 bits per heavy atom. The largest absolute Gasteiger partial charge is 0.497 e. The number of methoxy groups -OCH3 is 1. The molecule has 0 N–H and O–H groups in total. The van der Waals surface area contributed by atoms with Crippen molar-refractivity contribution in [2.24, 2.45) is 5.10 Å². The monoisotopic (exact) mass is 449 g/mol. The van der Waals surface area contributed by atoms with E-state index in [2.05, 4.69) is 51.0 Å². The second kappa shape index (κ2) is 6.88. The third-order valence-electron chi connectivity index (χ3n) is 5.63. The molecule has 2 aliphatic rings. The Morgan fingerprint density at radius 3 is 2.59 bits per heavy atom. The summed E-state index contributed by atoms with van der Waals surface area (Å²) >= 11 is 3.60. The first-order valence-electron chi connectivity index (χ1n) is 9.49. The summed E-state index contributed by atoms with van der Waals surface area (Å²) in [5, 5.41) is 7.14. The van der Waals surface area contributed by atoms with Gasteiger partial charge in [0, 0.05) is 41.3 Å². The van der Waals surface area contributed by atoms with E-state index in [0.29, 0.717) is 0 Å². The molecule has 6 heteroatoms. The smallest absolute Gasteiger partial charge is 0.221 e. The highest BCUT2D eigenvalue weighted by Gasteiger charge is 2.48. The molecule has 0 saturated carbocycles. The van der Waals surface area contributed by atoms with Crippen LogP contribution >= 0.6 is 15.9 Å². The van der Waals surface area contributed by atoms with Gasteiger partial charge < -0.3 is 9.47 Å². The lowest BCUT2D eigenvalue weighted by Crippen LogP contribution is -2.48. The molecule has 2 aliphatic heterocycles. The van der Waals surface area contributed by atoms with Crippen LogP contribution in [0.1, 0.15) is 36.1 Å². The molecule has 29 heavy (non-hydrogen) atoms. The molecule has 0 fully saturated rings. The summed E-state index contributed by atoms with van der Waals surface area (Å²) in [5.41, 5.74) is 3.56. The number of rotatable bonds is 3. The quantitative estimate of drug-likeness (QED) is 0.546. The first kappa shape index (κ1) is 18.2. The fourth-order valence-corrected chi connectivity index (χ4v) is 4.47. The van der Waals surface area contributed by atoms with Crippen LogP contribution < -0.4 is 9.47 Å². The van der Waals surface area contributed by atoms with Gasteiger partial charge in [-0.05, 0) is 60.2 Å². The van der Waals surface area contributed by atoms with Gasteiger partial charge in [0.1, 0.15) is 11.5 Å². The first-order valence-corrected chi connectivity index (χ1v) is 10.3. The van der Waals surface area contributed by atoms with E-state index in [0.717, 1.165) is 44.8 Å². The lowest BCUT2D eigenvalue weighted by Gasteiger charge is -2.46. The highest BCUT2D eigenvalue weighted by atomic mass is 79.9. The number of fused-ring (bicyclic) bond motifs is 3. The molecular formula is C23H20BrN3O2. The Morgan fingerprint density at radius 1 is 1.10 bits per heavy atom. The first-order chi connectivity index (χ1) is 14.1. The molecule has 0 amide bonds. The average Bonchev–Trinajstić information content (AvgIpc) is 3.22. The molecule has 3 heterocycles. The van der Waals surface area contributed by atoms with E-state index in [-0.39, 0.29) is 6.04 Å². The van der Waals surface area contributed by atoms with E-state index in [1.807, 2.05) is 36.4 Å². The average molecular weight is 450 g/mol. The number of nitrogens with zero attached hydrogens (tertiary/aromatic N) is 3. The predicted molar refractivity (Wildman–Crippen MR) is 115 cm³/mol. The summed E-state index contributed by atoms with van der Waals surface area (Å²) in [5.74, 6) is 1.73. The van der Waals surface area contributed by atoms with Crippen molar-refractivity contribution in [2.75, 3.05) is 7.11 Å². The maximum Gasteiger partial charge on any atom is 0.221 e. The van der Waals surface area contributed by atoms with Crippen LogP contribution in [0.15, 0.2) is 76.6 Å². The minimum atomic E-state index is -0.720. The summed E-state index contributed by atoms with van der Waals surface area (Å²) in [4.78, 5) is 4.16. The molecule has 0 bridgehead atoms. The van der Waals surface area contributed by atoms with Gasteiger partial charge in [-0.15, -0.1) is 0 Å². The number of hydrogen-bond acceptors (Lipinski definition) is 5. The Balaban J connectivity index is 1.62. The predicted octanol–water partition coefficient (Wildman–Crippen LogP) is 5.27. The van der Waals surface area contributed by atoms with Gasteiger partial charge >= 0.3 is 0 Å². The molecule has 146 valence electrons. The fourth-order valence-electron chi connectivity index (χ4n) is 4.09. The normalized spacial score (nSPS) is 22.4. The Kier molecular flexibility index (Phi) is 4.32. The van der Waals surface area contributed by atoms with Crippen molar-refractivity contribution in [2.45, 2.75) is 25.1 Å². The van der Waals surface area contributed by atoms with Crippen LogP contribution in [0.2, 0.25) is 0 Å². The SMILES string of the molecule is COc1ccc(C2=NN3[C@@H](C2)c2cc(Br)ccc2O[C@@]3(C)c2ccncc2)cc1. The van der Waals surface area contributed by atoms with Crippen LogP contribution in [0.5, 0.6) is 11.5 Å². The third kappa shape index (κ3) is 2.99. The molecule has 5 rings (SSSR count). The van der Waals surface area contributed by atoms with Gasteiger partial charge in [0.25, 0.3) is 0 Å². The molecule has 0 aliphatic carbocycles. The second-order valence-electron chi connectivity index (χ2n) is 7.34. The summed E-state index contributed by atoms with van der Waals surface area (Å²) < 4.78 is 12.9. The number of halogens is 1. The van der Waals surface area contributed by atoms with Crippen molar-refractivity contribution in [1.29, 1.82) is 0 Å². The molecule has 0 saturated heterocycles. The van der Waals surface area contributed by atoms with Gasteiger partial charge in [-0.1, -0.05) is 15.9 Å². The number of pyridine rings is 1. The van der Waals surface area contributed by atoms with Gasteiger partial charge in [0.05, 0.1) is 18.9 Å². The van der Waals surface area contributed by atoms with Crippen LogP contribution in [0.4, 0.5) is 0 Å². The van der Waals surface area contributed by atoms with E-state index in [1.165, 1.54) is 0 Å². The second-order valence-corrected chi connectivity index (χ2v) is 8.26. The molecule has 0 spiro atoms. The molecular weight excluding hydrogens is 430 g/mol. The number of benzene rings is 2. The topological polar surface area (TPSA) is 47.0 Å². The molecule has 5 nitrogen and oxygen atoms in total. The van der Waals surface area contributed by atoms with Gasteiger partial charge in [-0.2, -0.15) is 5.10 Å². The van der Waals surface area contributed by atoms with Gasteiger partial charge in [0.15, 0.2) is 0 Å². The van der Waals surface area contributed by atoms with Crippen molar-refractivity contribution in [3.05, 3.63) is 88.2 Å². The van der Waals surface area contributed by atoms with Crippen LogP contribution in [0.3, 0.4) is 0 Å². The Hall–Kier alpha value is -2.86. The lowest BCUT2D eigenvalue weighted by atomic mass is 9.93. The Bertz CT molecular complexity index is 1090. The lowest BCUT2D eigenvalue weighted by molar-refractivity contribution is -0.112. The van der Waals surface area contributed by atoms with Crippen molar-refractivity contribution < 1.29 is 9.47 Å². The fraction of sp³-hybridized carbons (Fsp3) is 0.217. The minimum Gasteiger partial charge on any atom is -0.497 e. The van der Waals surface area contributed by atoms with Crippen molar-refractivity contribution in [1.82, 2.24) is 9.99 Å². The van der Waals surface area contributed by atoms with E-state index in [9.17, 15) is 0 Å². The Labute approximate surface area is 178 Å². The number of hydrogen-bond donors (Lipinski definition) is 0.